The van der Waals surface area contributed by atoms with Crippen molar-refractivity contribution in [3.05, 3.63) is 169 Å². The van der Waals surface area contributed by atoms with Gasteiger partial charge in [-0.25, -0.2) is 8.78 Å². The smallest absolute Gasteiger partial charge is 0.123 e. The van der Waals surface area contributed by atoms with Crippen LogP contribution in [-0.4, -0.2) is 0 Å². The van der Waals surface area contributed by atoms with Gasteiger partial charge in [-0.2, -0.15) is 0 Å². The van der Waals surface area contributed by atoms with E-state index >= 15 is 0 Å². The van der Waals surface area contributed by atoms with Gasteiger partial charge in [-0.3, -0.25) is 0 Å². The molecule has 6 aromatic carbocycles. The summed E-state index contributed by atoms with van der Waals surface area (Å²) in [7, 11) is 0. The average molecular weight is 633 g/mol. The number of rotatable bonds is 6. The van der Waals surface area contributed by atoms with E-state index in [1.54, 1.807) is 0 Å². The zero-order valence-corrected chi connectivity index (χ0v) is 26.2. The van der Waals surface area contributed by atoms with Gasteiger partial charge in [0.05, 0.1) is 0 Å². The maximum Gasteiger partial charge on any atom is 0.123 e. The molecule has 0 bridgehead atoms. The maximum absolute atomic E-state index is 13.3. The Bertz CT molecular complexity index is 2060. The van der Waals surface area contributed by atoms with Gasteiger partial charge in [0, 0.05) is 19.2 Å². The molecule has 0 saturated heterocycles. The molecule has 4 heteroatoms. The van der Waals surface area contributed by atoms with Gasteiger partial charge in [0.2, 0.25) is 0 Å². The number of fused-ring (bicyclic) bond motifs is 1. The summed E-state index contributed by atoms with van der Waals surface area (Å²) < 4.78 is 29.2. The molecule has 0 aliphatic heterocycles. The monoisotopic (exact) mass is 632 g/mol. The van der Waals surface area contributed by atoms with Gasteiger partial charge in [0.1, 0.15) is 11.6 Å². The molecule has 0 nitrogen and oxygen atoms in total. The van der Waals surface area contributed by atoms with E-state index in [1.807, 2.05) is 46.9 Å². The molecule has 0 unspecified atom stereocenters. The van der Waals surface area contributed by atoms with E-state index in [0.717, 1.165) is 33.4 Å². The van der Waals surface area contributed by atoms with Crippen molar-refractivity contribution in [2.24, 2.45) is 0 Å². The standard InChI is InChI=1S/C42H26F2S2/c43-37-21-17-33(18-22-37)29-5-1-27(2-6-29)31-9-13-35(14-10-31)39-25-41-42(45-39)26-40(46-41)36-15-11-32(12-16-36)28-3-7-30(8-4-28)34-19-23-38(44)24-20-34/h1-26H. The molecule has 2 heterocycles. The van der Waals surface area contributed by atoms with Crippen LogP contribution in [0.5, 0.6) is 0 Å². The second kappa shape index (κ2) is 12.0. The summed E-state index contributed by atoms with van der Waals surface area (Å²) in [4.78, 5) is 2.54. The van der Waals surface area contributed by atoms with E-state index in [1.165, 1.54) is 65.7 Å². The highest BCUT2D eigenvalue weighted by molar-refractivity contribution is 7.31. The van der Waals surface area contributed by atoms with Crippen LogP contribution in [0.4, 0.5) is 8.78 Å². The van der Waals surface area contributed by atoms with Crippen LogP contribution in [0.3, 0.4) is 0 Å². The van der Waals surface area contributed by atoms with Gasteiger partial charge in [0.25, 0.3) is 0 Å². The van der Waals surface area contributed by atoms with E-state index < -0.39 is 0 Å². The zero-order chi connectivity index (χ0) is 31.0. The first-order valence-electron chi connectivity index (χ1n) is 15.0. The fraction of sp³-hybridized carbons (Fsp3) is 0. The number of benzene rings is 6. The van der Waals surface area contributed by atoms with Gasteiger partial charge in [-0.1, -0.05) is 121 Å². The van der Waals surface area contributed by atoms with Gasteiger partial charge in [-0.15, -0.1) is 22.7 Å². The number of thiophene rings is 2. The fourth-order valence-electron chi connectivity index (χ4n) is 5.77. The highest BCUT2D eigenvalue weighted by atomic mass is 32.1. The molecule has 0 aliphatic carbocycles. The Morgan fingerprint density at radius 2 is 0.457 bits per heavy atom. The van der Waals surface area contributed by atoms with Crippen molar-refractivity contribution in [1.82, 2.24) is 0 Å². The van der Waals surface area contributed by atoms with Crippen LogP contribution >= 0.6 is 22.7 Å². The van der Waals surface area contributed by atoms with E-state index in [-0.39, 0.29) is 11.6 Å². The van der Waals surface area contributed by atoms with Crippen molar-refractivity contribution < 1.29 is 8.78 Å². The van der Waals surface area contributed by atoms with Gasteiger partial charge < -0.3 is 0 Å². The highest BCUT2D eigenvalue weighted by Gasteiger charge is 2.11. The molecule has 0 atom stereocenters. The molecule has 0 saturated carbocycles. The fourth-order valence-corrected chi connectivity index (χ4v) is 8.18. The molecule has 46 heavy (non-hydrogen) atoms. The second-order valence-corrected chi connectivity index (χ2v) is 13.4. The molecular weight excluding hydrogens is 607 g/mol. The summed E-state index contributed by atoms with van der Waals surface area (Å²) in [5, 5.41) is 0. The summed E-state index contributed by atoms with van der Waals surface area (Å²) >= 11 is 3.66. The topological polar surface area (TPSA) is 0 Å². The van der Waals surface area contributed by atoms with Crippen molar-refractivity contribution in [3.8, 4) is 65.4 Å². The summed E-state index contributed by atoms with van der Waals surface area (Å²) in [5.41, 5.74) is 11.2. The Kier molecular flexibility index (Phi) is 7.37. The van der Waals surface area contributed by atoms with Crippen LogP contribution in [0.15, 0.2) is 158 Å². The first kappa shape index (κ1) is 28.3. The Morgan fingerprint density at radius 3 is 0.696 bits per heavy atom. The third-order valence-electron chi connectivity index (χ3n) is 8.34. The number of hydrogen-bond donors (Lipinski definition) is 0. The van der Waals surface area contributed by atoms with Crippen LogP contribution in [0.1, 0.15) is 0 Å². The predicted octanol–water partition coefficient (Wildman–Crippen LogP) is 13.2. The van der Waals surface area contributed by atoms with Crippen molar-refractivity contribution in [2.45, 2.75) is 0 Å². The molecule has 220 valence electrons. The van der Waals surface area contributed by atoms with Crippen LogP contribution in [0.25, 0.3) is 74.8 Å². The SMILES string of the molecule is Fc1ccc(-c2ccc(-c3ccc(-c4cc5sc(-c6ccc(-c7ccc(-c8ccc(F)cc8)cc7)cc6)cc5s4)cc3)cc2)cc1. The maximum atomic E-state index is 13.3. The molecule has 0 amide bonds. The molecule has 0 spiro atoms. The molecule has 0 fully saturated rings. The Balaban J connectivity index is 0.958. The van der Waals surface area contributed by atoms with E-state index in [9.17, 15) is 8.78 Å². The average Bonchev–Trinajstić information content (AvgIpc) is 3.70. The minimum atomic E-state index is -0.221. The van der Waals surface area contributed by atoms with Crippen LogP contribution in [0, 0.1) is 11.6 Å². The zero-order valence-electron chi connectivity index (χ0n) is 24.6. The first-order chi connectivity index (χ1) is 22.6. The lowest BCUT2D eigenvalue weighted by Gasteiger charge is -2.06. The Hall–Kier alpha value is -5.16. The Labute approximate surface area is 274 Å². The van der Waals surface area contributed by atoms with Crippen LogP contribution in [-0.2, 0) is 0 Å². The largest absolute Gasteiger partial charge is 0.207 e. The van der Waals surface area contributed by atoms with Crippen LogP contribution in [0.2, 0.25) is 0 Å². The highest BCUT2D eigenvalue weighted by Crippen LogP contribution is 2.42. The lowest BCUT2D eigenvalue weighted by Crippen LogP contribution is -1.82. The normalized spacial score (nSPS) is 11.3. The minimum absolute atomic E-state index is 0.221. The van der Waals surface area contributed by atoms with E-state index in [2.05, 4.69) is 109 Å². The molecule has 0 N–H and O–H groups in total. The van der Waals surface area contributed by atoms with Crippen molar-refractivity contribution >= 4 is 32.1 Å². The summed E-state index contributed by atoms with van der Waals surface area (Å²) in [6, 6.07) is 52.2. The van der Waals surface area contributed by atoms with Crippen LogP contribution < -0.4 is 0 Å². The quantitative estimate of drug-likeness (QED) is 0.171. The van der Waals surface area contributed by atoms with Crippen molar-refractivity contribution in [1.29, 1.82) is 0 Å². The minimum Gasteiger partial charge on any atom is -0.207 e. The first-order valence-corrected chi connectivity index (χ1v) is 16.7. The summed E-state index contributed by atoms with van der Waals surface area (Å²) in [5.74, 6) is -0.442. The van der Waals surface area contributed by atoms with E-state index in [4.69, 9.17) is 0 Å². The lowest BCUT2D eigenvalue weighted by atomic mass is 9.99. The molecule has 0 radical (unpaired) electrons. The Morgan fingerprint density at radius 1 is 0.261 bits per heavy atom. The second-order valence-electron chi connectivity index (χ2n) is 11.3. The summed E-state index contributed by atoms with van der Waals surface area (Å²) in [6.07, 6.45) is 0. The van der Waals surface area contributed by atoms with Crippen molar-refractivity contribution in [2.75, 3.05) is 0 Å². The molecule has 2 aromatic heterocycles. The molecule has 8 rings (SSSR count). The third kappa shape index (κ3) is 5.69. The predicted molar refractivity (Wildman–Crippen MR) is 192 cm³/mol. The molecule has 0 aliphatic rings. The van der Waals surface area contributed by atoms with Gasteiger partial charge >= 0.3 is 0 Å². The number of halogens is 2. The number of hydrogen-bond acceptors (Lipinski definition) is 2. The van der Waals surface area contributed by atoms with E-state index in [0.29, 0.717) is 0 Å². The summed E-state index contributed by atoms with van der Waals surface area (Å²) in [6.45, 7) is 0. The van der Waals surface area contributed by atoms with Gasteiger partial charge in [0.15, 0.2) is 0 Å². The molecule has 8 aromatic rings. The van der Waals surface area contributed by atoms with Crippen molar-refractivity contribution in [3.63, 3.8) is 0 Å². The molecular formula is C42H26F2S2. The lowest BCUT2D eigenvalue weighted by molar-refractivity contribution is 0.627. The third-order valence-corrected chi connectivity index (χ3v) is 10.7. The van der Waals surface area contributed by atoms with Gasteiger partial charge in [-0.05, 0) is 92.0 Å².